The van der Waals surface area contributed by atoms with E-state index in [1.807, 2.05) is 13.8 Å². The highest BCUT2D eigenvalue weighted by molar-refractivity contribution is 6.41. The Hall–Kier alpha value is -0.800. The zero-order valence-electron chi connectivity index (χ0n) is 11.7. The Kier molecular flexibility index (Phi) is 5.50. The predicted octanol–water partition coefficient (Wildman–Crippen LogP) is 6.12. The zero-order chi connectivity index (χ0) is 15.6. The van der Waals surface area contributed by atoms with Crippen LogP contribution in [-0.2, 0) is 0 Å². The standard InChI is InChI=1S/C16H15Cl3FN/c1-3-21-9(2)12-5-4-11(20)8-13(12)16-14(18)6-10(17)7-15(16)19/h4-9,21H,3H2,1-2H3. The number of halogens is 4. The van der Waals surface area contributed by atoms with Gasteiger partial charge in [-0.25, -0.2) is 4.39 Å². The van der Waals surface area contributed by atoms with Crippen LogP contribution in [0.25, 0.3) is 11.1 Å². The molecule has 0 fully saturated rings. The van der Waals surface area contributed by atoms with Crippen LogP contribution in [0, 0.1) is 5.82 Å². The Balaban J connectivity index is 2.65. The van der Waals surface area contributed by atoms with Crippen LogP contribution in [0.2, 0.25) is 15.1 Å². The van der Waals surface area contributed by atoms with Crippen molar-refractivity contribution < 1.29 is 4.39 Å². The lowest BCUT2D eigenvalue weighted by Crippen LogP contribution is -2.18. The van der Waals surface area contributed by atoms with Crippen molar-refractivity contribution in [2.24, 2.45) is 0 Å². The van der Waals surface area contributed by atoms with E-state index in [1.165, 1.54) is 12.1 Å². The Morgan fingerprint density at radius 1 is 1.10 bits per heavy atom. The van der Waals surface area contributed by atoms with Gasteiger partial charge in [-0.05, 0) is 48.9 Å². The van der Waals surface area contributed by atoms with Crippen molar-refractivity contribution in [2.75, 3.05) is 6.54 Å². The summed E-state index contributed by atoms with van der Waals surface area (Å²) in [5.74, 6) is -0.334. The molecule has 1 nitrogen and oxygen atoms in total. The Labute approximate surface area is 139 Å². The molecule has 0 aliphatic heterocycles. The summed E-state index contributed by atoms with van der Waals surface area (Å²) in [6.07, 6.45) is 0. The monoisotopic (exact) mass is 345 g/mol. The van der Waals surface area contributed by atoms with Crippen LogP contribution in [0.4, 0.5) is 4.39 Å². The van der Waals surface area contributed by atoms with Crippen LogP contribution in [0.1, 0.15) is 25.5 Å². The molecule has 0 aromatic heterocycles. The normalized spacial score (nSPS) is 12.5. The molecule has 1 atom stereocenters. The molecule has 5 heteroatoms. The molecule has 2 aromatic rings. The molecule has 1 unspecified atom stereocenters. The lowest BCUT2D eigenvalue weighted by Gasteiger charge is -2.19. The smallest absolute Gasteiger partial charge is 0.123 e. The summed E-state index contributed by atoms with van der Waals surface area (Å²) < 4.78 is 13.7. The van der Waals surface area contributed by atoms with E-state index in [-0.39, 0.29) is 11.9 Å². The highest BCUT2D eigenvalue weighted by Crippen LogP contribution is 2.40. The molecular formula is C16H15Cl3FN. The number of hydrogen-bond donors (Lipinski definition) is 1. The molecule has 0 aliphatic carbocycles. The molecule has 2 rings (SSSR count). The molecule has 21 heavy (non-hydrogen) atoms. The van der Waals surface area contributed by atoms with Crippen LogP contribution in [-0.4, -0.2) is 6.54 Å². The van der Waals surface area contributed by atoms with E-state index in [1.54, 1.807) is 18.2 Å². The van der Waals surface area contributed by atoms with Gasteiger partial charge in [-0.3, -0.25) is 0 Å². The van der Waals surface area contributed by atoms with Crippen molar-refractivity contribution in [2.45, 2.75) is 19.9 Å². The first-order valence-corrected chi connectivity index (χ1v) is 7.75. The zero-order valence-corrected chi connectivity index (χ0v) is 14.0. The summed E-state index contributed by atoms with van der Waals surface area (Å²) in [5.41, 5.74) is 2.21. The minimum atomic E-state index is -0.334. The molecule has 0 saturated carbocycles. The largest absolute Gasteiger partial charge is 0.310 e. The van der Waals surface area contributed by atoms with E-state index in [2.05, 4.69) is 5.32 Å². The third-order valence-corrected chi connectivity index (χ3v) is 4.08. The van der Waals surface area contributed by atoms with E-state index in [4.69, 9.17) is 34.8 Å². The van der Waals surface area contributed by atoms with Crippen molar-refractivity contribution >= 4 is 34.8 Å². The Morgan fingerprint density at radius 3 is 2.29 bits per heavy atom. The molecular weight excluding hydrogens is 332 g/mol. The fraction of sp³-hybridized carbons (Fsp3) is 0.250. The van der Waals surface area contributed by atoms with Gasteiger partial charge in [0.15, 0.2) is 0 Å². The fourth-order valence-corrected chi connectivity index (χ4v) is 3.36. The first-order chi connectivity index (χ1) is 9.93. The van der Waals surface area contributed by atoms with Gasteiger partial charge in [-0.15, -0.1) is 0 Å². The second-order valence-corrected chi connectivity index (χ2v) is 6.01. The third kappa shape index (κ3) is 3.70. The van der Waals surface area contributed by atoms with Gasteiger partial charge in [-0.1, -0.05) is 47.8 Å². The number of hydrogen-bond acceptors (Lipinski definition) is 1. The van der Waals surface area contributed by atoms with Gasteiger partial charge in [0.25, 0.3) is 0 Å². The van der Waals surface area contributed by atoms with Crippen molar-refractivity contribution in [1.29, 1.82) is 0 Å². The summed E-state index contributed by atoms with van der Waals surface area (Å²) in [4.78, 5) is 0. The molecule has 1 N–H and O–H groups in total. The SMILES string of the molecule is CCNC(C)c1ccc(F)cc1-c1c(Cl)cc(Cl)cc1Cl. The Bertz CT molecular complexity index is 635. The maximum atomic E-state index is 13.7. The lowest BCUT2D eigenvalue weighted by atomic mass is 9.95. The number of nitrogens with one attached hydrogen (secondary N) is 1. The predicted molar refractivity (Wildman–Crippen MR) is 89.0 cm³/mol. The molecule has 0 aliphatic rings. The molecule has 112 valence electrons. The first-order valence-electron chi connectivity index (χ1n) is 6.61. The molecule has 0 amide bonds. The highest BCUT2D eigenvalue weighted by Gasteiger charge is 2.17. The van der Waals surface area contributed by atoms with Gasteiger partial charge >= 0.3 is 0 Å². The average molecular weight is 347 g/mol. The van der Waals surface area contributed by atoms with Gasteiger partial charge in [0.2, 0.25) is 0 Å². The van der Waals surface area contributed by atoms with Gasteiger partial charge < -0.3 is 5.32 Å². The minimum absolute atomic E-state index is 0.0495. The fourth-order valence-electron chi connectivity index (χ4n) is 2.34. The molecule has 2 aromatic carbocycles. The van der Waals surface area contributed by atoms with Crippen LogP contribution in [0.3, 0.4) is 0 Å². The summed E-state index contributed by atoms with van der Waals surface area (Å²) in [5, 5.41) is 4.57. The second kappa shape index (κ2) is 6.97. The number of benzene rings is 2. The van der Waals surface area contributed by atoms with Gasteiger partial charge in [-0.2, -0.15) is 0 Å². The van der Waals surface area contributed by atoms with E-state index >= 15 is 0 Å². The van der Waals surface area contributed by atoms with Crippen LogP contribution >= 0.6 is 34.8 Å². The average Bonchev–Trinajstić information content (AvgIpc) is 2.37. The first kappa shape index (κ1) is 16.6. The van der Waals surface area contributed by atoms with E-state index in [0.717, 1.165) is 12.1 Å². The molecule has 0 spiro atoms. The van der Waals surface area contributed by atoms with Crippen molar-refractivity contribution in [1.82, 2.24) is 5.32 Å². The Morgan fingerprint density at radius 2 is 1.71 bits per heavy atom. The molecule has 0 bridgehead atoms. The molecule has 0 heterocycles. The summed E-state index contributed by atoms with van der Waals surface area (Å²) in [6.45, 7) is 4.83. The van der Waals surface area contributed by atoms with Crippen molar-refractivity contribution in [3.05, 3.63) is 56.8 Å². The van der Waals surface area contributed by atoms with Gasteiger partial charge in [0.1, 0.15) is 5.82 Å². The lowest BCUT2D eigenvalue weighted by molar-refractivity contribution is 0.593. The van der Waals surface area contributed by atoms with E-state index in [0.29, 0.717) is 26.2 Å². The van der Waals surface area contributed by atoms with Crippen LogP contribution in [0.5, 0.6) is 0 Å². The van der Waals surface area contributed by atoms with E-state index in [9.17, 15) is 4.39 Å². The van der Waals surface area contributed by atoms with E-state index < -0.39 is 0 Å². The second-order valence-electron chi connectivity index (χ2n) is 4.76. The maximum Gasteiger partial charge on any atom is 0.123 e. The topological polar surface area (TPSA) is 12.0 Å². The molecule has 0 radical (unpaired) electrons. The van der Waals surface area contributed by atoms with Gasteiger partial charge in [0, 0.05) is 16.6 Å². The summed E-state index contributed by atoms with van der Waals surface area (Å²) in [6, 6.07) is 7.90. The van der Waals surface area contributed by atoms with Crippen LogP contribution < -0.4 is 5.32 Å². The number of rotatable bonds is 4. The van der Waals surface area contributed by atoms with Crippen LogP contribution in [0.15, 0.2) is 30.3 Å². The molecule has 0 saturated heterocycles. The van der Waals surface area contributed by atoms with Crippen molar-refractivity contribution in [3.8, 4) is 11.1 Å². The minimum Gasteiger partial charge on any atom is -0.310 e. The highest BCUT2D eigenvalue weighted by atomic mass is 35.5. The van der Waals surface area contributed by atoms with Crippen molar-refractivity contribution in [3.63, 3.8) is 0 Å². The third-order valence-electron chi connectivity index (χ3n) is 3.27. The summed E-state index contributed by atoms with van der Waals surface area (Å²) >= 11 is 18.5. The quantitative estimate of drug-likeness (QED) is 0.703. The van der Waals surface area contributed by atoms with Gasteiger partial charge in [0.05, 0.1) is 10.0 Å². The summed E-state index contributed by atoms with van der Waals surface area (Å²) in [7, 11) is 0. The maximum absolute atomic E-state index is 13.7.